The zero-order chi connectivity index (χ0) is 16.5. The summed E-state index contributed by atoms with van der Waals surface area (Å²) >= 11 is 0. The lowest BCUT2D eigenvalue weighted by molar-refractivity contribution is 0.0931. The molecule has 3 heterocycles. The molecule has 0 radical (unpaired) electrons. The molecular formula is C16H15N5O3. The van der Waals surface area contributed by atoms with Gasteiger partial charge in [-0.05, 0) is 43.5 Å². The number of nitriles is 1. The number of nitrogens with one attached hydrogen (secondary N) is 2. The average molecular weight is 325 g/mol. The maximum Gasteiger partial charge on any atom is 0.421 e. The highest BCUT2D eigenvalue weighted by Gasteiger charge is 2.39. The molecule has 2 N–H and O–H groups in total. The maximum absolute atomic E-state index is 12.3. The highest BCUT2D eigenvalue weighted by molar-refractivity contribution is 5.94. The zero-order valence-corrected chi connectivity index (χ0v) is 12.7. The van der Waals surface area contributed by atoms with Crippen LogP contribution in [0.15, 0.2) is 28.7 Å². The second kappa shape index (κ2) is 5.94. The predicted octanol–water partition coefficient (Wildman–Crippen LogP) is 1.36. The first-order chi connectivity index (χ1) is 11.7. The number of carbonyl (C=O) groups excluding carboxylic acids is 1. The van der Waals surface area contributed by atoms with E-state index < -0.39 is 0 Å². The molecule has 1 amide bonds. The first-order valence-electron chi connectivity index (χ1n) is 7.80. The van der Waals surface area contributed by atoms with Crippen molar-refractivity contribution in [3.63, 3.8) is 0 Å². The number of rotatable bonds is 4. The fourth-order valence-electron chi connectivity index (χ4n) is 3.31. The third kappa shape index (κ3) is 2.81. The zero-order valence-electron chi connectivity index (χ0n) is 12.7. The van der Waals surface area contributed by atoms with Gasteiger partial charge in [0.05, 0.1) is 0 Å². The molecule has 2 bridgehead atoms. The highest BCUT2D eigenvalue weighted by Crippen LogP contribution is 2.28. The van der Waals surface area contributed by atoms with E-state index in [-0.39, 0.29) is 23.9 Å². The normalized spacial score (nSPS) is 24.5. The van der Waals surface area contributed by atoms with Crippen molar-refractivity contribution >= 4 is 5.91 Å². The van der Waals surface area contributed by atoms with Crippen LogP contribution in [0.3, 0.4) is 0 Å². The van der Waals surface area contributed by atoms with Gasteiger partial charge < -0.3 is 19.8 Å². The lowest BCUT2D eigenvalue weighted by atomic mass is 9.95. The fourth-order valence-corrected chi connectivity index (χ4v) is 3.31. The van der Waals surface area contributed by atoms with Crippen LogP contribution in [-0.2, 0) is 0 Å². The SMILES string of the molecule is N#Cc1nnc(Oc2ccc(C(=O)N[C@@H]3C[C@H]4CC[C@@H]3N4)cc2)o1. The average Bonchev–Trinajstić information content (AvgIpc) is 3.32. The van der Waals surface area contributed by atoms with Gasteiger partial charge in [-0.1, -0.05) is 10.2 Å². The van der Waals surface area contributed by atoms with Crippen LogP contribution < -0.4 is 15.4 Å². The summed E-state index contributed by atoms with van der Waals surface area (Å²) in [6, 6.07) is 9.50. The molecule has 24 heavy (non-hydrogen) atoms. The molecule has 2 saturated heterocycles. The minimum Gasteiger partial charge on any atom is -0.410 e. The number of hydrogen-bond donors (Lipinski definition) is 2. The minimum absolute atomic E-state index is 0.0922. The molecule has 1 aromatic carbocycles. The van der Waals surface area contributed by atoms with Crippen LogP contribution in [0.1, 0.15) is 35.5 Å². The predicted molar refractivity (Wildman–Crippen MR) is 81.3 cm³/mol. The van der Waals surface area contributed by atoms with E-state index in [1.165, 1.54) is 6.42 Å². The molecule has 1 aromatic heterocycles. The number of hydrogen-bond acceptors (Lipinski definition) is 7. The number of amides is 1. The number of carbonyl (C=O) groups is 1. The van der Waals surface area contributed by atoms with Crippen LogP contribution in [0.5, 0.6) is 11.8 Å². The molecule has 4 rings (SSSR count). The van der Waals surface area contributed by atoms with E-state index in [1.54, 1.807) is 30.3 Å². The Balaban J connectivity index is 1.38. The van der Waals surface area contributed by atoms with Crippen LogP contribution >= 0.6 is 0 Å². The number of ether oxygens (including phenoxy) is 1. The Morgan fingerprint density at radius 1 is 1.33 bits per heavy atom. The molecule has 8 nitrogen and oxygen atoms in total. The summed E-state index contributed by atoms with van der Waals surface area (Å²) in [7, 11) is 0. The summed E-state index contributed by atoms with van der Waals surface area (Å²) in [6.07, 6.45) is 3.20. The topological polar surface area (TPSA) is 113 Å². The Labute approximate surface area is 137 Å². The molecular weight excluding hydrogens is 310 g/mol. The molecule has 2 aromatic rings. The summed E-state index contributed by atoms with van der Waals surface area (Å²) in [6.45, 7) is 0. The Morgan fingerprint density at radius 2 is 2.17 bits per heavy atom. The molecule has 0 saturated carbocycles. The Bertz CT molecular complexity index is 795. The van der Waals surface area contributed by atoms with Crippen molar-refractivity contribution in [1.82, 2.24) is 20.8 Å². The summed E-state index contributed by atoms with van der Waals surface area (Å²) in [5, 5.41) is 22.3. The van der Waals surface area contributed by atoms with Crippen molar-refractivity contribution in [3.8, 4) is 17.9 Å². The number of aromatic nitrogens is 2. The van der Waals surface area contributed by atoms with Gasteiger partial charge in [-0.2, -0.15) is 5.26 Å². The van der Waals surface area contributed by atoms with Crippen LogP contribution in [0, 0.1) is 11.3 Å². The van der Waals surface area contributed by atoms with Gasteiger partial charge in [0.2, 0.25) is 0 Å². The summed E-state index contributed by atoms with van der Waals surface area (Å²) in [4.78, 5) is 12.3. The second-order valence-corrected chi connectivity index (χ2v) is 5.97. The van der Waals surface area contributed by atoms with E-state index >= 15 is 0 Å². The van der Waals surface area contributed by atoms with Gasteiger partial charge in [0, 0.05) is 23.7 Å². The lowest BCUT2D eigenvalue weighted by Gasteiger charge is -2.21. The van der Waals surface area contributed by atoms with Crippen LogP contribution in [0.4, 0.5) is 0 Å². The summed E-state index contributed by atoms with van der Waals surface area (Å²) in [5.74, 6) is 0.187. The first-order valence-corrected chi connectivity index (χ1v) is 7.80. The van der Waals surface area contributed by atoms with E-state index in [0.717, 1.165) is 12.8 Å². The van der Waals surface area contributed by atoms with E-state index in [0.29, 0.717) is 23.4 Å². The molecule has 0 aliphatic carbocycles. The van der Waals surface area contributed by atoms with Crippen molar-refractivity contribution < 1.29 is 13.9 Å². The van der Waals surface area contributed by atoms with Crippen molar-refractivity contribution in [1.29, 1.82) is 5.26 Å². The highest BCUT2D eigenvalue weighted by atomic mass is 16.6. The van der Waals surface area contributed by atoms with Gasteiger partial charge in [0.25, 0.3) is 5.91 Å². The van der Waals surface area contributed by atoms with Crippen LogP contribution in [-0.4, -0.2) is 34.2 Å². The monoisotopic (exact) mass is 325 g/mol. The fraction of sp³-hybridized carbons (Fsp3) is 0.375. The third-order valence-corrected chi connectivity index (χ3v) is 4.44. The van der Waals surface area contributed by atoms with E-state index in [2.05, 4.69) is 20.8 Å². The van der Waals surface area contributed by atoms with Crippen LogP contribution in [0.25, 0.3) is 0 Å². The molecule has 0 spiro atoms. The minimum atomic E-state index is -0.166. The van der Waals surface area contributed by atoms with Gasteiger partial charge in [0.15, 0.2) is 6.07 Å². The van der Waals surface area contributed by atoms with Crippen molar-refractivity contribution in [2.75, 3.05) is 0 Å². The standard InChI is InChI=1S/C16H15N5O3/c17-8-14-20-21-16(24-14)23-11-4-1-9(2-5-11)15(22)19-13-7-10-3-6-12(13)18-10/h1-2,4-5,10,12-13,18H,3,6-7H2,(H,19,22)/t10-,12+,13-/m1/s1. The van der Waals surface area contributed by atoms with Gasteiger partial charge in [-0.3, -0.25) is 4.79 Å². The molecule has 122 valence electrons. The van der Waals surface area contributed by atoms with Gasteiger partial charge in [-0.25, -0.2) is 0 Å². The van der Waals surface area contributed by atoms with Crippen molar-refractivity contribution in [3.05, 3.63) is 35.7 Å². The van der Waals surface area contributed by atoms with Gasteiger partial charge in [0.1, 0.15) is 5.75 Å². The molecule has 8 heteroatoms. The maximum atomic E-state index is 12.3. The third-order valence-electron chi connectivity index (χ3n) is 4.44. The van der Waals surface area contributed by atoms with Crippen LogP contribution in [0.2, 0.25) is 0 Å². The number of benzene rings is 1. The van der Waals surface area contributed by atoms with E-state index in [1.807, 2.05) is 0 Å². The molecule has 0 unspecified atom stereocenters. The second-order valence-electron chi connectivity index (χ2n) is 5.97. The number of nitrogens with zero attached hydrogens (tertiary/aromatic N) is 3. The number of fused-ring (bicyclic) bond motifs is 2. The summed E-state index contributed by atoms with van der Waals surface area (Å²) in [5.41, 5.74) is 0.563. The Morgan fingerprint density at radius 3 is 2.79 bits per heavy atom. The van der Waals surface area contributed by atoms with Gasteiger partial charge >= 0.3 is 12.0 Å². The van der Waals surface area contributed by atoms with E-state index in [9.17, 15) is 4.79 Å². The Kier molecular flexibility index (Phi) is 3.63. The molecule has 2 aliphatic rings. The molecule has 2 fully saturated rings. The molecule has 3 atom stereocenters. The van der Waals surface area contributed by atoms with Crippen molar-refractivity contribution in [2.45, 2.75) is 37.4 Å². The quantitative estimate of drug-likeness (QED) is 0.872. The molecule has 2 aliphatic heterocycles. The summed E-state index contributed by atoms with van der Waals surface area (Å²) < 4.78 is 10.3. The Hall–Kier alpha value is -2.92. The van der Waals surface area contributed by atoms with Gasteiger partial charge in [-0.15, -0.1) is 0 Å². The lowest BCUT2D eigenvalue weighted by Crippen LogP contribution is -2.42. The smallest absolute Gasteiger partial charge is 0.410 e. The first kappa shape index (κ1) is 14.7. The van der Waals surface area contributed by atoms with Crippen molar-refractivity contribution in [2.24, 2.45) is 0 Å². The largest absolute Gasteiger partial charge is 0.421 e. The van der Waals surface area contributed by atoms with E-state index in [4.69, 9.17) is 14.4 Å².